The largest absolute Gasteiger partial charge is 0.263 e. The smallest absolute Gasteiger partial charge is 0.263 e. The Balaban J connectivity index is 1.75. The average molecular weight is 479 g/mol. The maximum absolute atomic E-state index is 13.1. The van der Waals surface area contributed by atoms with E-state index >= 15 is 0 Å². The minimum atomic E-state index is -3.85. The number of pyridine rings is 1. The Morgan fingerprint density at radius 2 is 1.73 bits per heavy atom. The molecule has 0 saturated carbocycles. The highest BCUT2D eigenvalue weighted by molar-refractivity contribution is 7.92. The number of aromatic nitrogens is 2. The topological polar surface area (TPSA) is 87.3 Å². The summed E-state index contributed by atoms with van der Waals surface area (Å²) in [7, 11) is -3.85. The highest BCUT2D eigenvalue weighted by Gasteiger charge is 2.20. The van der Waals surface area contributed by atoms with Crippen molar-refractivity contribution in [2.24, 2.45) is 0 Å². The summed E-state index contributed by atoms with van der Waals surface area (Å²) < 4.78 is 30.2. The van der Waals surface area contributed by atoms with Crippen LogP contribution in [-0.2, 0) is 15.4 Å². The Bertz CT molecular complexity index is 1510. The lowest BCUT2D eigenvalue weighted by molar-refractivity contribution is 0.587. The summed E-state index contributed by atoms with van der Waals surface area (Å²) in [6.07, 6.45) is 0. The van der Waals surface area contributed by atoms with Gasteiger partial charge in [-0.2, -0.15) is 10.4 Å². The third kappa shape index (κ3) is 4.58. The molecule has 0 atom stereocenters. The minimum absolute atomic E-state index is 0.0786. The zero-order valence-electron chi connectivity index (χ0n) is 18.7. The lowest BCUT2D eigenvalue weighted by Gasteiger charge is -2.19. The van der Waals surface area contributed by atoms with Gasteiger partial charge in [0.25, 0.3) is 10.0 Å². The number of hydrogen-bond acceptors (Lipinski definition) is 4. The normalized spacial score (nSPS) is 12.0. The van der Waals surface area contributed by atoms with Crippen LogP contribution in [0.2, 0.25) is 5.02 Å². The Hall–Kier alpha value is -3.34. The van der Waals surface area contributed by atoms with Gasteiger partial charge in [-0.25, -0.2) is 12.9 Å². The van der Waals surface area contributed by atoms with Gasteiger partial charge in [0, 0.05) is 5.56 Å². The van der Waals surface area contributed by atoms with Crippen molar-refractivity contribution in [2.75, 3.05) is 4.72 Å². The summed E-state index contributed by atoms with van der Waals surface area (Å²) in [6.45, 7) is 8.12. The standard InChI is InChI=1S/C25H23ClN4O2S/c1-16-11-17(15-27)13-18(12-16)22-14-23-21(26)9-10-24(30(23)28-22)29-33(31,32)20-7-5-19(6-8-20)25(2,3)4/h5-14,29H,1-4H3. The van der Waals surface area contributed by atoms with E-state index in [1.54, 1.807) is 42.5 Å². The zero-order valence-corrected chi connectivity index (χ0v) is 20.3. The molecule has 6 nitrogen and oxygen atoms in total. The van der Waals surface area contributed by atoms with E-state index in [4.69, 9.17) is 11.6 Å². The van der Waals surface area contributed by atoms with E-state index in [1.165, 1.54) is 4.52 Å². The molecule has 2 heterocycles. The van der Waals surface area contributed by atoms with Crippen LogP contribution in [0, 0.1) is 18.3 Å². The maximum Gasteiger partial charge on any atom is 0.263 e. The molecule has 0 amide bonds. The molecule has 0 fully saturated rings. The number of sulfonamides is 1. The summed E-state index contributed by atoms with van der Waals surface area (Å²) >= 11 is 6.38. The fraction of sp³-hybridized carbons (Fsp3) is 0.200. The summed E-state index contributed by atoms with van der Waals surface area (Å²) in [5, 5.41) is 14.3. The predicted octanol–water partition coefficient (Wildman–Crippen LogP) is 5.93. The fourth-order valence-corrected chi connectivity index (χ4v) is 4.83. The van der Waals surface area contributed by atoms with Crippen molar-refractivity contribution in [1.29, 1.82) is 5.26 Å². The summed E-state index contributed by atoms with van der Waals surface area (Å²) in [5.74, 6) is 0.258. The molecule has 8 heteroatoms. The molecular weight excluding hydrogens is 456 g/mol. The SMILES string of the molecule is Cc1cc(C#N)cc(-c2cc3c(Cl)ccc(NS(=O)(=O)c4ccc(C(C)(C)C)cc4)n3n2)c1. The van der Waals surface area contributed by atoms with Crippen molar-refractivity contribution >= 4 is 33.0 Å². The van der Waals surface area contributed by atoms with Crippen LogP contribution in [0.15, 0.2) is 65.6 Å². The van der Waals surface area contributed by atoms with Gasteiger partial charge in [0.1, 0.15) is 5.82 Å². The van der Waals surface area contributed by atoms with Gasteiger partial charge >= 0.3 is 0 Å². The highest BCUT2D eigenvalue weighted by atomic mass is 35.5. The number of fused-ring (bicyclic) bond motifs is 1. The number of anilines is 1. The van der Waals surface area contributed by atoms with Crippen molar-refractivity contribution in [3.63, 3.8) is 0 Å². The van der Waals surface area contributed by atoms with Crippen LogP contribution in [0.5, 0.6) is 0 Å². The van der Waals surface area contributed by atoms with Crippen LogP contribution in [-0.4, -0.2) is 18.0 Å². The van der Waals surface area contributed by atoms with Crippen molar-refractivity contribution in [3.8, 4) is 17.3 Å². The molecule has 2 aromatic heterocycles. The van der Waals surface area contributed by atoms with Crippen molar-refractivity contribution in [3.05, 3.63) is 82.4 Å². The summed E-state index contributed by atoms with van der Waals surface area (Å²) in [4.78, 5) is 0.156. The van der Waals surface area contributed by atoms with Crippen molar-refractivity contribution in [2.45, 2.75) is 38.0 Å². The van der Waals surface area contributed by atoms with E-state index in [1.807, 2.05) is 25.1 Å². The number of hydrogen-bond donors (Lipinski definition) is 1. The summed E-state index contributed by atoms with van der Waals surface area (Å²) in [5.41, 5.74) is 4.29. The molecule has 33 heavy (non-hydrogen) atoms. The van der Waals surface area contributed by atoms with Gasteiger partial charge in [-0.3, -0.25) is 4.72 Å². The van der Waals surface area contributed by atoms with Gasteiger partial charge in [-0.05, 0) is 72.0 Å². The number of halogens is 1. The molecule has 4 rings (SSSR count). The minimum Gasteiger partial charge on any atom is -0.263 e. The number of nitriles is 1. The average Bonchev–Trinajstić information content (AvgIpc) is 3.21. The second-order valence-electron chi connectivity index (χ2n) is 8.97. The van der Waals surface area contributed by atoms with Gasteiger partial charge in [0.15, 0.2) is 0 Å². The predicted molar refractivity (Wildman–Crippen MR) is 131 cm³/mol. The first-order chi connectivity index (χ1) is 15.5. The van der Waals surface area contributed by atoms with E-state index < -0.39 is 10.0 Å². The molecule has 0 spiro atoms. The molecule has 2 aromatic carbocycles. The Kier molecular flexibility index (Phi) is 5.69. The van der Waals surface area contributed by atoms with Crippen LogP contribution in [0.1, 0.15) is 37.5 Å². The second kappa shape index (κ2) is 8.22. The van der Waals surface area contributed by atoms with E-state index in [-0.39, 0.29) is 16.1 Å². The Labute approximate surface area is 198 Å². The number of nitrogens with zero attached hydrogens (tertiary/aromatic N) is 3. The quantitative estimate of drug-likeness (QED) is 0.393. The number of nitrogens with one attached hydrogen (secondary N) is 1. The monoisotopic (exact) mass is 478 g/mol. The van der Waals surface area contributed by atoms with E-state index in [0.29, 0.717) is 21.8 Å². The van der Waals surface area contributed by atoms with Gasteiger partial charge in [-0.15, -0.1) is 0 Å². The van der Waals surface area contributed by atoms with Crippen LogP contribution < -0.4 is 4.72 Å². The molecule has 0 aliphatic heterocycles. The first-order valence-corrected chi connectivity index (χ1v) is 12.2. The van der Waals surface area contributed by atoms with E-state index in [0.717, 1.165) is 16.7 Å². The number of benzene rings is 2. The third-order valence-corrected chi connectivity index (χ3v) is 7.03. The Morgan fingerprint density at radius 1 is 1.03 bits per heavy atom. The molecule has 0 aliphatic carbocycles. The molecule has 0 bridgehead atoms. The first-order valence-electron chi connectivity index (χ1n) is 10.3. The van der Waals surface area contributed by atoms with Crippen LogP contribution in [0.4, 0.5) is 5.82 Å². The molecule has 1 N–H and O–H groups in total. The van der Waals surface area contributed by atoms with Gasteiger partial charge in [0.05, 0.1) is 32.8 Å². The van der Waals surface area contributed by atoms with Gasteiger partial charge in [-0.1, -0.05) is 44.5 Å². The lowest BCUT2D eigenvalue weighted by atomic mass is 9.87. The molecule has 168 valence electrons. The van der Waals surface area contributed by atoms with E-state index in [2.05, 4.69) is 36.7 Å². The van der Waals surface area contributed by atoms with E-state index in [9.17, 15) is 13.7 Å². The lowest BCUT2D eigenvalue weighted by Crippen LogP contribution is -2.16. The summed E-state index contributed by atoms with van der Waals surface area (Å²) in [6, 6.07) is 19.4. The third-order valence-electron chi connectivity index (χ3n) is 5.34. The fourth-order valence-electron chi connectivity index (χ4n) is 3.59. The van der Waals surface area contributed by atoms with Gasteiger partial charge in [0.2, 0.25) is 0 Å². The zero-order chi connectivity index (χ0) is 24.0. The van der Waals surface area contributed by atoms with Gasteiger partial charge < -0.3 is 0 Å². The first kappa shape index (κ1) is 22.8. The van der Waals surface area contributed by atoms with Crippen molar-refractivity contribution < 1.29 is 8.42 Å². The molecular formula is C25H23ClN4O2S. The molecule has 0 unspecified atom stereocenters. The molecule has 0 radical (unpaired) electrons. The molecule has 4 aromatic rings. The van der Waals surface area contributed by atoms with Crippen molar-refractivity contribution in [1.82, 2.24) is 9.61 Å². The van der Waals surface area contributed by atoms with Crippen LogP contribution in [0.25, 0.3) is 16.8 Å². The number of aryl methyl sites for hydroxylation is 1. The van der Waals surface area contributed by atoms with Crippen LogP contribution in [0.3, 0.4) is 0 Å². The maximum atomic E-state index is 13.1. The number of rotatable bonds is 4. The molecule has 0 aliphatic rings. The Morgan fingerprint density at radius 3 is 2.36 bits per heavy atom. The van der Waals surface area contributed by atoms with Crippen LogP contribution >= 0.6 is 11.6 Å². The molecule has 0 saturated heterocycles. The highest BCUT2D eigenvalue weighted by Crippen LogP contribution is 2.30. The second-order valence-corrected chi connectivity index (χ2v) is 11.1.